The number of sulfonamides is 1. The Morgan fingerprint density at radius 1 is 1.00 bits per heavy atom. The lowest BCUT2D eigenvalue weighted by atomic mass is 10.00. The zero-order valence-electron chi connectivity index (χ0n) is 17.8. The van der Waals surface area contributed by atoms with Crippen LogP contribution < -0.4 is 9.73 Å². The Kier molecular flexibility index (Phi) is 9.64. The maximum Gasteiger partial charge on any atom is 0.260 e. The molecule has 162 valence electrons. The van der Waals surface area contributed by atoms with Gasteiger partial charge in [0.1, 0.15) is 6.54 Å². The summed E-state index contributed by atoms with van der Waals surface area (Å²) in [6.45, 7) is 1.61. The molecular formula is C22H35N3O3S. The number of carbonyl (C=O) groups is 1. The van der Waals surface area contributed by atoms with Gasteiger partial charge in [-0.2, -0.15) is 5.10 Å². The average molecular weight is 422 g/mol. The Bertz CT molecular complexity index is 776. The first kappa shape index (κ1) is 23.4. The molecule has 1 fully saturated rings. The van der Waals surface area contributed by atoms with E-state index >= 15 is 0 Å². The van der Waals surface area contributed by atoms with Crippen molar-refractivity contribution >= 4 is 27.3 Å². The van der Waals surface area contributed by atoms with E-state index in [9.17, 15) is 13.2 Å². The molecule has 1 saturated carbocycles. The Hall–Kier alpha value is -1.89. The Labute approximate surface area is 175 Å². The van der Waals surface area contributed by atoms with Crippen LogP contribution >= 0.6 is 0 Å². The molecule has 0 aromatic heterocycles. The number of hydrogen-bond acceptors (Lipinski definition) is 4. The molecule has 2 rings (SSSR count). The molecule has 0 radical (unpaired) electrons. The van der Waals surface area contributed by atoms with Crippen LogP contribution in [0.1, 0.15) is 76.2 Å². The molecule has 0 atom stereocenters. The Balaban J connectivity index is 1.99. The fraction of sp³-hybridized carbons (Fsp3) is 0.636. The van der Waals surface area contributed by atoms with Crippen molar-refractivity contribution in [2.24, 2.45) is 5.10 Å². The standard InChI is InChI=1S/C22H35N3O3S/c1-19-13-12-16-21(17-19)25(29(2,27)28)18-22(26)24-23-20-14-10-8-6-4-3-5-7-9-11-15-20/h12-13,16-17H,3-11,14-15,18H2,1-2H3,(H,24,26). The normalized spacial score (nSPS) is 17.0. The number of amides is 1. The van der Waals surface area contributed by atoms with E-state index in [1.165, 1.54) is 44.9 Å². The lowest BCUT2D eigenvalue weighted by molar-refractivity contribution is -0.119. The highest BCUT2D eigenvalue weighted by atomic mass is 32.2. The van der Waals surface area contributed by atoms with Gasteiger partial charge in [-0.3, -0.25) is 9.10 Å². The van der Waals surface area contributed by atoms with Crippen molar-refractivity contribution in [2.45, 2.75) is 77.6 Å². The molecule has 0 saturated heterocycles. The van der Waals surface area contributed by atoms with Gasteiger partial charge >= 0.3 is 0 Å². The first-order valence-corrected chi connectivity index (χ1v) is 12.6. The van der Waals surface area contributed by atoms with Crippen molar-refractivity contribution in [2.75, 3.05) is 17.1 Å². The lowest BCUT2D eigenvalue weighted by Crippen LogP contribution is -2.39. The number of carbonyl (C=O) groups excluding carboxylic acids is 1. The van der Waals surface area contributed by atoms with E-state index in [1.807, 2.05) is 13.0 Å². The molecule has 6 nitrogen and oxygen atoms in total. The van der Waals surface area contributed by atoms with Crippen molar-refractivity contribution in [3.63, 3.8) is 0 Å². The lowest BCUT2D eigenvalue weighted by Gasteiger charge is -2.21. The summed E-state index contributed by atoms with van der Waals surface area (Å²) in [5, 5.41) is 4.35. The molecule has 0 unspecified atom stereocenters. The Morgan fingerprint density at radius 3 is 2.07 bits per heavy atom. The van der Waals surface area contributed by atoms with Crippen molar-refractivity contribution in [3.8, 4) is 0 Å². The predicted molar refractivity (Wildman–Crippen MR) is 120 cm³/mol. The van der Waals surface area contributed by atoms with E-state index in [0.29, 0.717) is 5.69 Å². The molecule has 7 heteroatoms. The smallest absolute Gasteiger partial charge is 0.260 e. The SMILES string of the molecule is Cc1cccc(N(CC(=O)NN=C2CCCCCCCCCCC2)S(C)(=O)=O)c1. The first-order valence-electron chi connectivity index (χ1n) is 10.7. The Morgan fingerprint density at radius 2 is 1.55 bits per heavy atom. The number of hydrogen-bond donors (Lipinski definition) is 1. The molecule has 0 heterocycles. The zero-order valence-corrected chi connectivity index (χ0v) is 18.6. The van der Waals surface area contributed by atoms with E-state index in [4.69, 9.17) is 0 Å². The molecular weight excluding hydrogens is 386 g/mol. The minimum Gasteiger partial charge on any atom is -0.271 e. The minimum atomic E-state index is -3.58. The van der Waals surface area contributed by atoms with Crippen LogP contribution in [0.5, 0.6) is 0 Å². The summed E-state index contributed by atoms with van der Waals surface area (Å²) in [4.78, 5) is 12.5. The summed E-state index contributed by atoms with van der Waals surface area (Å²) in [5.74, 6) is -0.421. The second-order valence-corrected chi connectivity index (χ2v) is 9.91. The summed E-state index contributed by atoms with van der Waals surface area (Å²) in [6.07, 6.45) is 14.0. The van der Waals surface area contributed by atoms with E-state index < -0.39 is 15.9 Å². The van der Waals surface area contributed by atoms with Gasteiger partial charge in [-0.05, 0) is 50.3 Å². The second kappa shape index (κ2) is 12.0. The van der Waals surface area contributed by atoms with Crippen molar-refractivity contribution in [3.05, 3.63) is 29.8 Å². The molecule has 0 bridgehead atoms. The van der Waals surface area contributed by atoms with Crippen LogP contribution in [0.15, 0.2) is 29.4 Å². The van der Waals surface area contributed by atoms with Gasteiger partial charge in [-0.1, -0.05) is 57.1 Å². The number of hydrazone groups is 1. The monoisotopic (exact) mass is 421 g/mol. The average Bonchev–Trinajstić information content (AvgIpc) is 2.65. The van der Waals surface area contributed by atoms with Gasteiger partial charge in [0.15, 0.2) is 0 Å². The van der Waals surface area contributed by atoms with Crippen LogP contribution in [0.25, 0.3) is 0 Å². The van der Waals surface area contributed by atoms with Crippen LogP contribution in [0.3, 0.4) is 0 Å². The van der Waals surface area contributed by atoms with Crippen LogP contribution in [-0.4, -0.2) is 32.8 Å². The number of aryl methyl sites for hydroxylation is 1. The minimum absolute atomic E-state index is 0.279. The summed E-state index contributed by atoms with van der Waals surface area (Å²) >= 11 is 0. The molecule has 29 heavy (non-hydrogen) atoms. The summed E-state index contributed by atoms with van der Waals surface area (Å²) in [6, 6.07) is 7.12. The van der Waals surface area contributed by atoms with Gasteiger partial charge in [0, 0.05) is 5.71 Å². The highest BCUT2D eigenvalue weighted by molar-refractivity contribution is 7.92. The molecule has 1 N–H and O–H groups in total. The van der Waals surface area contributed by atoms with Crippen molar-refractivity contribution in [1.82, 2.24) is 5.43 Å². The van der Waals surface area contributed by atoms with Gasteiger partial charge in [-0.25, -0.2) is 13.8 Å². The topological polar surface area (TPSA) is 78.8 Å². The summed E-state index contributed by atoms with van der Waals surface area (Å²) in [5.41, 5.74) is 5.03. The fourth-order valence-electron chi connectivity index (χ4n) is 3.62. The summed E-state index contributed by atoms with van der Waals surface area (Å²) in [7, 11) is -3.58. The third kappa shape index (κ3) is 8.98. The highest BCUT2D eigenvalue weighted by Crippen LogP contribution is 2.19. The zero-order chi connectivity index (χ0) is 21.1. The molecule has 1 aromatic rings. The number of benzene rings is 1. The maximum absolute atomic E-state index is 12.5. The van der Waals surface area contributed by atoms with Gasteiger partial charge in [0.25, 0.3) is 5.91 Å². The highest BCUT2D eigenvalue weighted by Gasteiger charge is 2.21. The molecule has 0 spiro atoms. The van der Waals surface area contributed by atoms with Crippen LogP contribution in [0.4, 0.5) is 5.69 Å². The van der Waals surface area contributed by atoms with Gasteiger partial charge in [0.05, 0.1) is 11.9 Å². The van der Waals surface area contributed by atoms with Gasteiger partial charge in [-0.15, -0.1) is 0 Å². The molecule has 1 aliphatic carbocycles. The fourth-order valence-corrected chi connectivity index (χ4v) is 4.47. The van der Waals surface area contributed by atoms with Crippen LogP contribution in [0.2, 0.25) is 0 Å². The number of nitrogens with zero attached hydrogens (tertiary/aromatic N) is 2. The predicted octanol–water partition coefficient (Wildman–Crippen LogP) is 4.54. The molecule has 0 aliphatic heterocycles. The largest absolute Gasteiger partial charge is 0.271 e. The van der Waals surface area contributed by atoms with Crippen molar-refractivity contribution < 1.29 is 13.2 Å². The molecule has 1 aromatic carbocycles. The van der Waals surface area contributed by atoms with Gasteiger partial charge in [0.2, 0.25) is 10.0 Å². The van der Waals surface area contributed by atoms with Crippen LogP contribution in [-0.2, 0) is 14.8 Å². The van der Waals surface area contributed by atoms with Gasteiger partial charge < -0.3 is 0 Å². The third-order valence-electron chi connectivity index (χ3n) is 5.25. The van der Waals surface area contributed by atoms with E-state index in [0.717, 1.165) is 47.5 Å². The molecule has 1 amide bonds. The number of anilines is 1. The van der Waals surface area contributed by atoms with E-state index in [-0.39, 0.29) is 6.54 Å². The van der Waals surface area contributed by atoms with Crippen molar-refractivity contribution in [1.29, 1.82) is 0 Å². The molecule has 1 aliphatic rings. The second-order valence-electron chi connectivity index (χ2n) is 8.00. The number of rotatable bonds is 5. The quantitative estimate of drug-likeness (QED) is 0.709. The summed E-state index contributed by atoms with van der Waals surface area (Å²) < 4.78 is 25.5. The van der Waals surface area contributed by atoms with E-state index in [2.05, 4.69) is 10.5 Å². The van der Waals surface area contributed by atoms with Crippen LogP contribution in [0, 0.1) is 6.92 Å². The third-order valence-corrected chi connectivity index (χ3v) is 6.39. The van der Waals surface area contributed by atoms with E-state index in [1.54, 1.807) is 18.2 Å². The first-order chi connectivity index (χ1) is 13.9. The maximum atomic E-state index is 12.5. The number of nitrogens with one attached hydrogen (secondary N) is 1.